The van der Waals surface area contributed by atoms with Crippen LogP contribution in [0.4, 0.5) is 24.7 Å². The van der Waals surface area contributed by atoms with Gasteiger partial charge in [0.2, 0.25) is 0 Å². The molecule has 15 heteroatoms. The van der Waals surface area contributed by atoms with E-state index in [1.807, 2.05) is 49.5 Å². The highest BCUT2D eigenvalue weighted by molar-refractivity contribution is 7.99. The quantitative estimate of drug-likeness (QED) is 0.0885. The van der Waals surface area contributed by atoms with E-state index in [-0.39, 0.29) is 22.8 Å². The number of amides is 1. The summed E-state index contributed by atoms with van der Waals surface area (Å²) in [5.74, 6) is 1.07. The van der Waals surface area contributed by atoms with Crippen LogP contribution in [0.2, 0.25) is 0 Å². The maximum Gasteiger partial charge on any atom is 0.418 e. The number of rotatable bonds is 14. The number of carbonyl (C=O) groups excluding carboxylic acids is 1. The molecule has 3 heterocycles. The Hall–Kier alpha value is -4.99. The van der Waals surface area contributed by atoms with Crippen molar-refractivity contribution in [1.82, 2.24) is 24.8 Å². The van der Waals surface area contributed by atoms with Crippen LogP contribution < -0.4 is 19.7 Å². The lowest BCUT2D eigenvalue weighted by molar-refractivity contribution is -0.137. The molecular formula is C39H40F3N7O3S2. The molecule has 1 aliphatic heterocycles. The summed E-state index contributed by atoms with van der Waals surface area (Å²) < 4.78 is 62.7. The van der Waals surface area contributed by atoms with E-state index in [1.165, 1.54) is 35.5 Å². The van der Waals surface area contributed by atoms with Gasteiger partial charge >= 0.3 is 6.18 Å². The first-order valence-corrected chi connectivity index (χ1v) is 19.6. The molecular weight excluding hydrogens is 736 g/mol. The van der Waals surface area contributed by atoms with Gasteiger partial charge in [0.05, 0.1) is 23.3 Å². The van der Waals surface area contributed by atoms with Crippen molar-refractivity contribution < 1.29 is 26.9 Å². The van der Waals surface area contributed by atoms with Gasteiger partial charge in [0, 0.05) is 67.4 Å². The van der Waals surface area contributed by atoms with E-state index in [0.29, 0.717) is 31.3 Å². The van der Waals surface area contributed by atoms with Gasteiger partial charge in [0.15, 0.2) is 22.5 Å². The van der Waals surface area contributed by atoms with Crippen LogP contribution in [0.5, 0.6) is 5.75 Å². The lowest BCUT2D eigenvalue weighted by Crippen LogP contribution is -2.46. The van der Waals surface area contributed by atoms with Crippen molar-refractivity contribution in [2.45, 2.75) is 36.4 Å². The predicted octanol–water partition coefficient (Wildman–Crippen LogP) is 7.24. The average Bonchev–Trinajstić information content (AvgIpc) is 3.17. The Labute approximate surface area is 319 Å². The Morgan fingerprint density at radius 2 is 1.74 bits per heavy atom. The van der Waals surface area contributed by atoms with Gasteiger partial charge in [-0.15, -0.1) is 22.0 Å². The number of aromatic nitrogens is 3. The molecule has 0 saturated carbocycles. The minimum Gasteiger partial charge on any atom is -0.492 e. The first-order valence-electron chi connectivity index (χ1n) is 17.4. The first kappa shape index (κ1) is 38.7. The molecule has 2 N–H and O–H groups in total. The second-order valence-corrected chi connectivity index (χ2v) is 14.9. The molecule has 1 atom stereocenters. The third-order valence-electron chi connectivity index (χ3n) is 8.74. The van der Waals surface area contributed by atoms with Crippen molar-refractivity contribution >= 4 is 40.2 Å². The Bertz CT molecular complexity index is 2060. The largest absolute Gasteiger partial charge is 0.492 e. The second-order valence-electron chi connectivity index (χ2n) is 12.5. The van der Waals surface area contributed by atoms with Gasteiger partial charge in [0.25, 0.3) is 5.91 Å². The van der Waals surface area contributed by atoms with Crippen LogP contribution >= 0.6 is 11.8 Å². The molecule has 282 valence electrons. The average molecular weight is 776 g/mol. The van der Waals surface area contributed by atoms with Crippen LogP contribution in [0.15, 0.2) is 107 Å². The Morgan fingerprint density at radius 1 is 0.944 bits per heavy atom. The molecule has 0 bridgehead atoms. The van der Waals surface area contributed by atoms with E-state index >= 15 is 0 Å². The Balaban J connectivity index is 0.992. The number of thioether (sulfide) groups is 1. The standard InChI is InChI=1S/C39H40F3N7O3S2/c1-3-52-30-22-29(24-43-25-30)33-11-9-28(21-27(33)2)26-48-16-18-49(19-17-48)37-14-13-36(45-46-37)38(50)47-54(51)32-10-12-35(34(23-32)39(40,41)42)44-15-20-53-31-7-5-4-6-8-31/h4-14,21-25,44H,3,15-20,26H2,1-2H3,(H,47,50). The molecule has 0 radical (unpaired) electrons. The monoisotopic (exact) mass is 775 g/mol. The van der Waals surface area contributed by atoms with E-state index in [9.17, 15) is 22.2 Å². The fourth-order valence-corrected chi connectivity index (χ4v) is 7.66. The zero-order valence-electron chi connectivity index (χ0n) is 29.8. The van der Waals surface area contributed by atoms with Crippen LogP contribution in [0.25, 0.3) is 11.1 Å². The van der Waals surface area contributed by atoms with Crippen molar-refractivity contribution in [3.8, 4) is 16.9 Å². The SMILES string of the molecule is CCOc1cncc(-c2ccc(CN3CCN(c4ccc(C(=O)NS(=O)c5ccc(NCCSc6ccccc6)c(C(F)(F)F)c5)nn4)CC3)cc2C)c1. The van der Waals surface area contributed by atoms with Crippen molar-refractivity contribution in [2.75, 3.05) is 55.3 Å². The minimum atomic E-state index is -4.70. The molecule has 5 aromatic rings. The normalized spacial score (nSPS) is 14.1. The molecule has 0 spiro atoms. The zero-order chi connectivity index (χ0) is 38.1. The number of nitrogens with zero attached hydrogens (tertiary/aromatic N) is 5. The van der Waals surface area contributed by atoms with Crippen LogP contribution in [0, 0.1) is 6.92 Å². The van der Waals surface area contributed by atoms with Gasteiger partial charge in [-0.3, -0.25) is 19.4 Å². The number of piperazine rings is 1. The van der Waals surface area contributed by atoms with E-state index in [1.54, 1.807) is 12.3 Å². The van der Waals surface area contributed by atoms with Crippen molar-refractivity contribution in [1.29, 1.82) is 0 Å². The number of benzene rings is 3. The molecule has 3 aromatic carbocycles. The highest BCUT2D eigenvalue weighted by Crippen LogP contribution is 2.36. The predicted molar refractivity (Wildman–Crippen MR) is 206 cm³/mol. The first-order chi connectivity index (χ1) is 26.1. The highest BCUT2D eigenvalue weighted by Gasteiger charge is 2.34. The third kappa shape index (κ3) is 10.2. The summed E-state index contributed by atoms with van der Waals surface area (Å²) in [6.45, 7) is 8.71. The Kier molecular flexibility index (Phi) is 12.8. The number of carbonyl (C=O) groups is 1. The number of halogens is 3. The van der Waals surface area contributed by atoms with Gasteiger partial charge < -0.3 is 15.0 Å². The van der Waals surface area contributed by atoms with Gasteiger partial charge in [0.1, 0.15) is 5.75 Å². The minimum absolute atomic E-state index is 0.102. The molecule has 1 fully saturated rings. The van der Waals surface area contributed by atoms with Crippen LogP contribution in [-0.2, 0) is 23.7 Å². The fourth-order valence-electron chi connectivity index (χ4n) is 6.06. The van der Waals surface area contributed by atoms with E-state index in [0.717, 1.165) is 53.0 Å². The van der Waals surface area contributed by atoms with E-state index < -0.39 is 28.6 Å². The lowest BCUT2D eigenvalue weighted by atomic mass is 9.99. The van der Waals surface area contributed by atoms with Crippen LogP contribution in [-0.4, -0.2) is 75.3 Å². The Morgan fingerprint density at radius 3 is 2.44 bits per heavy atom. The number of anilines is 2. The van der Waals surface area contributed by atoms with E-state index in [4.69, 9.17) is 4.74 Å². The van der Waals surface area contributed by atoms with Crippen LogP contribution in [0.1, 0.15) is 34.1 Å². The van der Waals surface area contributed by atoms with Crippen molar-refractivity contribution in [2.24, 2.45) is 0 Å². The van der Waals surface area contributed by atoms with E-state index in [2.05, 4.69) is 60.1 Å². The summed E-state index contributed by atoms with van der Waals surface area (Å²) in [6.07, 6.45) is -1.14. The number of hydrogen-bond acceptors (Lipinski definition) is 10. The molecule has 0 aliphatic carbocycles. The van der Waals surface area contributed by atoms with Crippen LogP contribution in [0.3, 0.4) is 0 Å². The molecule has 1 unspecified atom stereocenters. The number of ether oxygens (including phenoxy) is 1. The summed E-state index contributed by atoms with van der Waals surface area (Å²) in [4.78, 5) is 22.4. The number of aryl methyl sites for hydroxylation is 1. The topological polar surface area (TPSA) is 113 Å². The molecule has 54 heavy (non-hydrogen) atoms. The summed E-state index contributed by atoms with van der Waals surface area (Å²) in [5, 5.41) is 11.1. The molecule has 10 nitrogen and oxygen atoms in total. The zero-order valence-corrected chi connectivity index (χ0v) is 31.4. The number of pyridine rings is 1. The molecule has 6 rings (SSSR count). The fraction of sp³-hybridized carbons (Fsp3) is 0.282. The molecule has 1 aliphatic rings. The number of alkyl halides is 3. The van der Waals surface area contributed by atoms with Gasteiger partial charge in [-0.1, -0.05) is 36.4 Å². The van der Waals surface area contributed by atoms with Gasteiger partial charge in [-0.05, 0) is 79.1 Å². The lowest BCUT2D eigenvalue weighted by Gasteiger charge is -2.35. The summed E-state index contributed by atoms with van der Waals surface area (Å²) in [5.41, 5.74) is 3.29. The highest BCUT2D eigenvalue weighted by atomic mass is 32.2. The summed E-state index contributed by atoms with van der Waals surface area (Å²) in [6, 6.07) is 24.4. The number of hydrogen-bond donors (Lipinski definition) is 2. The van der Waals surface area contributed by atoms with Gasteiger partial charge in [-0.2, -0.15) is 13.2 Å². The van der Waals surface area contributed by atoms with Crippen molar-refractivity contribution in [3.05, 3.63) is 120 Å². The molecule has 1 amide bonds. The van der Waals surface area contributed by atoms with Crippen molar-refractivity contribution in [3.63, 3.8) is 0 Å². The smallest absolute Gasteiger partial charge is 0.418 e. The maximum atomic E-state index is 14.0. The van der Waals surface area contributed by atoms with Gasteiger partial charge in [-0.25, -0.2) is 4.21 Å². The summed E-state index contributed by atoms with van der Waals surface area (Å²) in [7, 11) is -2.27. The molecule has 2 aromatic heterocycles. The maximum absolute atomic E-state index is 14.0. The second kappa shape index (κ2) is 17.9. The number of nitrogens with one attached hydrogen (secondary N) is 2. The summed E-state index contributed by atoms with van der Waals surface area (Å²) >= 11 is 1.52. The third-order valence-corrected chi connectivity index (χ3v) is 10.8. The molecule has 1 saturated heterocycles.